The molecule has 3 aromatic carbocycles. The Hall–Kier alpha value is -4.79. The van der Waals surface area contributed by atoms with Crippen LogP contribution in [0.4, 0.5) is 0 Å². The SMILES string of the molecule is C[C@]1(C(=O)OCc2cn(-c3ccccc3)nn2)CCC[C@]2(C)c3cc(OCc4cn(-c5ccccc5)nn4)ccc3CC[C@@H]12. The summed E-state index contributed by atoms with van der Waals surface area (Å²) in [5, 5.41) is 17.0. The van der Waals surface area contributed by atoms with E-state index in [1.807, 2.05) is 79.1 Å². The van der Waals surface area contributed by atoms with Crippen molar-refractivity contribution in [3.05, 3.63) is 114 Å². The zero-order chi connectivity index (χ0) is 30.1. The number of carbonyl (C=O) groups excluding carboxylic acids is 1. The molecule has 0 aliphatic heterocycles. The second-order valence-electron chi connectivity index (χ2n) is 12.4. The van der Waals surface area contributed by atoms with E-state index in [0.717, 1.165) is 54.9 Å². The second kappa shape index (κ2) is 11.4. The van der Waals surface area contributed by atoms with E-state index in [9.17, 15) is 4.79 Å². The van der Waals surface area contributed by atoms with E-state index in [-0.39, 0.29) is 23.9 Å². The van der Waals surface area contributed by atoms with Crippen LogP contribution in [-0.4, -0.2) is 36.0 Å². The maximum atomic E-state index is 13.8. The standard InChI is InChI=1S/C35H36N6O3/c1-34-18-9-19-35(2,33(42)44-24-27-22-41(39-37-27)29-12-7-4-8-13-29)32(34)17-15-25-14-16-30(20-31(25)34)43-23-26-21-40(38-36-26)28-10-5-3-6-11-28/h3-8,10-14,16,20-22,32H,9,15,17-19,23-24H2,1-2H3/t32-,34-,35+/m1/s1. The fourth-order valence-electron chi connectivity index (χ4n) is 7.38. The maximum Gasteiger partial charge on any atom is 0.312 e. The van der Waals surface area contributed by atoms with Gasteiger partial charge in [-0.3, -0.25) is 4.79 Å². The van der Waals surface area contributed by atoms with Crippen LogP contribution in [0, 0.1) is 11.3 Å². The summed E-state index contributed by atoms with van der Waals surface area (Å²) in [5.74, 6) is 0.807. The highest BCUT2D eigenvalue weighted by molar-refractivity contribution is 5.77. The number of ether oxygens (including phenoxy) is 2. The van der Waals surface area contributed by atoms with Crippen molar-refractivity contribution in [2.24, 2.45) is 11.3 Å². The molecule has 0 N–H and O–H groups in total. The normalized spacial score (nSPS) is 22.5. The van der Waals surface area contributed by atoms with E-state index in [4.69, 9.17) is 9.47 Å². The molecule has 2 aliphatic rings. The molecule has 0 amide bonds. The van der Waals surface area contributed by atoms with Crippen LogP contribution in [0.5, 0.6) is 5.75 Å². The summed E-state index contributed by atoms with van der Waals surface area (Å²) >= 11 is 0. The van der Waals surface area contributed by atoms with Crippen LogP contribution >= 0.6 is 0 Å². The number of para-hydroxylation sites is 2. The number of rotatable bonds is 8. The minimum Gasteiger partial charge on any atom is -0.487 e. The van der Waals surface area contributed by atoms with Crippen molar-refractivity contribution in [3.63, 3.8) is 0 Å². The summed E-state index contributed by atoms with van der Waals surface area (Å²) in [5.41, 5.74) is 5.12. The summed E-state index contributed by atoms with van der Waals surface area (Å²) in [6, 6.07) is 26.1. The van der Waals surface area contributed by atoms with E-state index in [0.29, 0.717) is 12.3 Å². The molecular formula is C35H36N6O3. The first-order valence-corrected chi connectivity index (χ1v) is 15.3. The third kappa shape index (κ3) is 5.16. The van der Waals surface area contributed by atoms with Crippen LogP contribution in [0.2, 0.25) is 0 Å². The van der Waals surface area contributed by atoms with Gasteiger partial charge in [-0.1, -0.05) is 66.2 Å². The predicted octanol–water partition coefficient (Wildman–Crippen LogP) is 6.18. The van der Waals surface area contributed by atoms with Crippen molar-refractivity contribution in [1.29, 1.82) is 0 Å². The molecule has 9 heteroatoms. The Labute approximate surface area is 256 Å². The molecule has 0 radical (unpaired) electrons. The molecule has 5 aromatic rings. The third-order valence-corrected chi connectivity index (χ3v) is 9.66. The lowest BCUT2D eigenvalue weighted by Crippen LogP contribution is -2.52. The van der Waals surface area contributed by atoms with Crippen molar-refractivity contribution in [2.45, 2.75) is 64.6 Å². The minimum absolute atomic E-state index is 0.105. The van der Waals surface area contributed by atoms with Gasteiger partial charge in [-0.15, -0.1) is 10.2 Å². The number of carbonyl (C=O) groups is 1. The predicted molar refractivity (Wildman–Crippen MR) is 164 cm³/mol. The molecule has 2 aromatic heterocycles. The van der Waals surface area contributed by atoms with Crippen LogP contribution in [0.1, 0.15) is 62.0 Å². The molecule has 224 valence electrons. The van der Waals surface area contributed by atoms with Gasteiger partial charge in [0.2, 0.25) is 0 Å². The molecule has 2 heterocycles. The lowest BCUT2D eigenvalue weighted by molar-refractivity contribution is -0.166. The maximum absolute atomic E-state index is 13.8. The van der Waals surface area contributed by atoms with Crippen LogP contribution in [0.15, 0.2) is 91.3 Å². The first-order chi connectivity index (χ1) is 21.4. The van der Waals surface area contributed by atoms with Crippen molar-refractivity contribution in [1.82, 2.24) is 30.0 Å². The largest absolute Gasteiger partial charge is 0.487 e. The Morgan fingerprint density at radius 2 is 1.48 bits per heavy atom. The quantitative estimate of drug-likeness (QED) is 0.200. The summed E-state index contributed by atoms with van der Waals surface area (Å²) in [6.07, 6.45) is 8.37. The van der Waals surface area contributed by atoms with Gasteiger partial charge in [0.25, 0.3) is 0 Å². The summed E-state index contributed by atoms with van der Waals surface area (Å²) in [7, 11) is 0. The highest BCUT2D eigenvalue weighted by Crippen LogP contribution is 2.58. The van der Waals surface area contributed by atoms with E-state index >= 15 is 0 Å². The molecular weight excluding hydrogens is 552 g/mol. The molecule has 9 nitrogen and oxygen atoms in total. The summed E-state index contributed by atoms with van der Waals surface area (Å²) < 4.78 is 15.6. The van der Waals surface area contributed by atoms with Gasteiger partial charge in [0.05, 0.1) is 29.2 Å². The van der Waals surface area contributed by atoms with Gasteiger partial charge in [-0.25, -0.2) is 9.36 Å². The Bertz CT molecular complexity index is 1770. The first kappa shape index (κ1) is 28.0. The number of aromatic nitrogens is 6. The fourth-order valence-corrected chi connectivity index (χ4v) is 7.38. The van der Waals surface area contributed by atoms with Gasteiger partial charge in [-0.2, -0.15) is 0 Å². The third-order valence-electron chi connectivity index (χ3n) is 9.66. The number of nitrogens with zero attached hydrogens (tertiary/aromatic N) is 6. The molecule has 7 rings (SSSR count). The Morgan fingerprint density at radius 1 is 0.841 bits per heavy atom. The van der Waals surface area contributed by atoms with Crippen LogP contribution in [0.25, 0.3) is 11.4 Å². The van der Waals surface area contributed by atoms with Crippen LogP contribution in [0.3, 0.4) is 0 Å². The van der Waals surface area contributed by atoms with Gasteiger partial charge in [0.1, 0.15) is 30.4 Å². The molecule has 1 saturated carbocycles. The van der Waals surface area contributed by atoms with E-state index in [2.05, 4.69) is 46.6 Å². The average molecular weight is 589 g/mol. The minimum atomic E-state index is -0.590. The Kier molecular flexibility index (Phi) is 7.24. The van der Waals surface area contributed by atoms with Gasteiger partial charge in [0.15, 0.2) is 0 Å². The summed E-state index contributed by atoms with van der Waals surface area (Å²) in [4.78, 5) is 13.8. The highest BCUT2D eigenvalue weighted by Gasteiger charge is 2.55. The highest BCUT2D eigenvalue weighted by atomic mass is 16.5. The number of esters is 1. The Balaban J connectivity index is 1.05. The number of aryl methyl sites for hydroxylation is 1. The van der Waals surface area contributed by atoms with Crippen molar-refractivity contribution >= 4 is 5.97 Å². The zero-order valence-corrected chi connectivity index (χ0v) is 25.1. The lowest BCUT2D eigenvalue weighted by Gasteiger charge is -2.54. The molecule has 1 fully saturated rings. The number of benzene rings is 3. The lowest BCUT2D eigenvalue weighted by atomic mass is 9.50. The topological polar surface area (TPSA) is 97.0 Å². The van der Waals surface area contributed by atoms with E-state index in [1.165, 1.54) is 11.1 Å². The van der Waals surface area contributed by atoms with E-state index in [1.54, 1.807) is 9.36 Å². The number of fused-ring (bicyclic) bond motifs is 3. The van der Waals surface area contributed by atoms with Gasteiger partial charge in [0, 0.05) is 0 Å². The monoisotopic (exact) mass is 588 g/mol. The number of hydrogen-bond acceptors (Lipinski definition) is 7. The summed E-state index contributed by atoms with van der Waals surface area (Å²) in [6.45, 7) is 4.85. The second-order valence-corrected chi connectivity index (χ2v) is 12.4. The van der Waals surface area contributed by atoms with Gasteiger partial charge < -0.3 is 9.47 Å². The van der Waals surface area contributed by atoms with Gasteiger partial charge in [-0.05, 0) is 91.5 Å². The molecule has 0 bridgehead atoms. The molecule has 0 spiro atoms. The number of hydrogen-bond donors (Lipinski definition) is 0. The molecule has 44 heavy (non-hydrogen) atoms. The zero-order valence-electron chi connectivity index (χ0n) is 25.1. The van der Waals surface area contributed by atoms with Crippen LogP contribution in [-0.2, 0) is 34.6 Å². The van der Waals surface area contributed by atoms with E-state index < -0.39 is 5.41 Å². The molecule has 3 atom stereocenters. The van der Waals surface area contributed by atoms with Gasteiger partial charge >= 0.3 is 5.97 Å². The Morgan fingerprint density at radius 3 is 2.14 bits per heavy atom. The molecule has 0 saturated heterocycles. The average Bonchev–Trinajstić information content (AvgIpc) is 3.74. The first-order valence-electron chi connectivity index (χ1n) is 15.3. The molecule has 2 aliphatic carbocycles. The smallest absolute Gasteiger partial charge is 0.312 e. The molecule has 0 unspecified atom stereocenters. The van der Waals surface area contributed by atoms with Crippen molar-refractivity contribution in [2.75, 3.05) is 0 Å². The van der Waals surface area contributed by atoms with Crippen LogP contribution < -0.4 is 4.74 Å². The fraction of sp³-hybridized carbons (Fsp3) is 0.343. The van der Waals surface area contributed by atoms with Crippen molar-refractivity contribution in [3.8, 4) is 17.1 Å². The van der Waals surface area contributed by atoms with Crippen molar-refractivity contribution < 1.29 is 14.3 Å².